The van der Waals surface area contributed by atoms with Crippen molar-refractivity contribution in [3.63, 3.8) is 0 Å². The normalized spacial score (nSPS) is 40.5. The van der Waals surface area contributed by atoms with E-state index in [1.54, 1.807) is 0 Å². The van der Waals surface area contributed by atoms with Crippen LogP contribution in [0.15, 0.2) is 0 Å². The molecule has 98 valence electrons. The number of hydrogen-bond donors (Lipinski definition) is 0. The van der Waals surface area contributed by atoms with E-state index >= 15 is 0 Å². The summed E-state index contributed by atoms with van der Waals surface area (Å²) in [6.45, 7) is 7.10. The summed E-state index contributed by atoms with van der Waals surface area (Å²) >= 11 is 0. The Morgan fingerprint density at radius 3 is 2.47 bits per heavy atom. The maximum Gasteiger partial charge on any atom is 0.309 e. The highest BCUT2D eigenvalue weighted by Crippen LogP contribution is 2.59. The molecule has 0 saturated heterocycles. The summed E-state index contributed by atoms with van der Waals surface area (Å²) in [5, 5.41) is 0. The minimum absolute atomic E-state index is 0.0231. The standard InChI is InChI=1S/C15H26O2/c1-14(2)9-6-10-15(3)11(13(16)17-4)7-5-8-12(14)15/h11-12H,5-10H2,1-4H3/t11?,12?,15-/m1/s1. The minimum atomic E-state index is 0.0231. The Labute approximate surface area is 105 Å². The van der Waals surface area contributed by atoms with Crippen molar-refractivity contribution in [2.45, 2.75) is 59.3 Å². The van der Waals surface area contributed by atoms with Crippen molar-refractivity contribution in [3.8, 4) is 0 Å². The molecule has 2 saturated carbocycles. The molecule has 0 aliphatic heterocycles. The molecule has 17 heavy (non-hydrogen) atoms. The molecular formula is C15H26O2. The zero-order chi connectivity index (χ0) is 12.7. The number of hydrogen-bond acceptors (Lipinski definition) is 2. The van der Waals surface area contributed by atoms with E-state index in [4.69, 9.17) is 4.74 Å². The molecule has 0 N–H and O–H groups in total. The van der Waals surface area contributed by atoms with Gasteiger partial charge in [-0.3, -0.25) is 4.79 Å². The van der Waals surface area contributed by atoms with Gasteiger partial charge in [-0.05, 0) is 42.4 Å². The Morgan fingerprint density at radius 1 is 1.12 bits per heavy atom. The van der Waals surface area contributed by atoms with E-state index in [2.05, 4.69) is 20.8 Å². The zero-order valence-electron chi connectivity index (χ0n) is 11.7. The second kappa shape index (κ2) is 4.29. The molecule has 0 bridgehead atoms. The molecule has 0 aromatic carbocycles. The second-order valence-electron chi connectivity index (χ2n) is 6.91. The van der Waals surface area contributed by atoms with Crippen molar-refractivity contribution in [1.29, 1.82) is 0 Å². The third-order valence-electron chi connectivity index (χ3n) is 5.54. The van der Waals surface area contributed by atoms with Gasteiger partial charge >= 0.3 is 5.97 Å². The molecule has 2 aliphatic carbocycles. The van der Waals surface area contributed by atoms with Crippen molar-refractivity contribution >= 4 is 5.97 Å². The number of methoxy groups -OCH3 is 1. The van der Waals surface area contributed by atoms with Gasteiger partial charge in [-0.15, -0.1) is 0 Å². The molecule has 0 heterocycles. The van der Waals surface area contributed by atoms with Gasteiger partial charge in [-0.2, -0.15) is 0 Å². The van der Waals surface area contributed by atoms with E-state index in [0.29, 0.717) is 11.3 Å². The van der Waals surface area contributed by atoms with Crippen LogP contribution in [0.2, 0.25) is 0 Å². The lowest BCUT2D eigenvalue weighted by atomic mass is 9.48. The molecule has 0 spiro atoms. The number of ether oxygens (including phenoxy) is 1. The van der Waals surface area contributed by atoms with Gasteiger partial charge in [-0.1, -0.05) is 33.6 Å². The molecule has 2 rings (SSSR count). The first-order valence-electron chi connectivity index (χ1n) is 6.99. The Hall–Kier alpha value is -0.530. The number of carbonyl (C=O) groups is 1. The molecule has 2 heteroatoms. The van der Waals surface area contributed by atoms with Crippen molar-refractivity contribution in [1.82, 2.24) is 0 Å². The fourth-order valence-electron chi connectivity index (χ4n) is 4.69. The van der Waals surface area contributed by atoms with Gasteiger partial charge in [0.2, 0.25) is 0 Å². The fourth-order valence-corrected chi connectivity index (χ4v) is 4.69. The number of esters is 1. The van der Waals surface area contributed by atoms with Crippen LogP contribution in [0, 0.1) is 22.7 Å². The molecule has 2 unspecified atom stereocenters. The van der Waals surface area contributed by atoms with Gasteiger partial charge in [0.05, 0.1) is 13.0 Å². The van der Waals surface area contributed by atoms with E-state index in [9.17, 15) is 4.79 Å². The molecule has 0 amide bonds. The lowest BCUT2D eigenvalue weighted by molar-refractivity contribution is -0.161. The fraction of sp³-hybridized carbons (Fsp3) is 0.933. The average molecular weight is 238 g/mol. The average Bonchev–Trinajstić information content (AvgIpc) is 2.26. The third-order valence-corrected chi connectivity index (χ3v) is 5.54. The second-order valence-corrected chi connectivity index (χ2v) is 6.91. The lowest BCUT2D eigenvalue weighted by Crippen LogP contribution is -2.51. The van der Waals surface area contributed by atoms with Crippen LogP contribution in [-0.4, -0.2) is 13.1 Å². The number of rotatable bonds is 1. The topological polar surface area (TPSA) is 26.3 Å². The molecule has 0 aromatic heterocycles. The van der Waals surface area contributed by atoms with E-state index in [0.717, 1.165) is 6.42 Å². The smallest absolute Gasteiger partial charge is 0.309 e. The van der Waals surface area contributed by atoms with Crippen LogP contribution in [0.1, 0.15) is 59.3 Å². The predicted molar refractivity (Wildman–Crippen MR) is 68.6 cm³/mol. The quantitative estimate of drug-likeness (QED) is 0.650. The molecule has 0 aromatic rings. The van der Waals surface area contributed by atoms with Crippen LogP contribution in [0.5, 0.6) is 0 Å². The first-order chi connectivity index (χ1) is 7.92. The molecule has 2 fully saturated rings. The summed E-state index contributed by atoms with van der Waals surface area (Å²) in [6.07, 6.45) is 7.26. The Kier molecular flexibility index (Phi) is 3.26. The van der Waals surface area contributed by atoms with Crippen LogP contribution in [-0.2, 0) is 9.53 Å². The van der Waals surface area contributed by atoms with Crippen LogP contribution in [0.4, 0.5) is 0 Å². The summed E-state index contributed by atoms with van der Waals surface area (Å²) in [6, 6.07) is 0. The van der Waals surface area contributed by atoms with Crippen LogP contribution >= 0.6 is 0 Å². The van der Waals surface area contributed by atoms with Crippen LogP contribution in [0.3, 0.4) is 0 Å². The van der Waals surface area contributed by atoms with E-state index < -0.39 is 0 Å². The first-order valence-corrected chi connectivity index (χ1v) is 6.99. The van der Waals surface area contributed by atoms with E-state index in [1.807, 2.05) is 0 Å². The first kappa shape index (κ1) is 12.9. The highest BCUT2D eigenvalue weighted by molar-refractivity contribution is 5.73. The predicted octanol–water partition coefficient (Wildman–Crippen LogP) is 3.79. The maximum atomic E-state index is 12.0. The molecule has 3 atom stereocenters. The molecule has 2 aliphatic rings. The van der Waals surface area contributed by atoms with Gasteiger partial charge in [0.25, 0.3) is 0 Å². The van der Waals surface area contributed by atoms with Crippen LogP contribution < -0.4 is 0 Å². The Bertz CT molecular complexity index is 308. The molecule has 2 nitrogen and oxygen atoms in total. The number of fused-ring (bicyclic) bond motifs is 1. The highest BCUT2D eigenvalue weighted by Gasteiger charge is 2.54. The summed E-state index contributed by atoms with van der Waals surface area (Å²) in [5.74, 6) is 0.835. The van der Waals surface area contributed by atoms with Gasteiger partial charge in [-0.25, -0.2) is 0 Å². The SMILES string of the molecule is COC(=O)C1CCCC2C(C)(C)CCC[C@]12C. The van der Waals surface area contributed by atoms with Crippen molar-refractivity contribution in [3.05, 3.63) is 0 Å². The molecular weight excluding hydrogens is 212 g/mol. The van der Waals surface area contributed by atoms with Gasteiger partial charge in [0.15, 0.2) is 0 Å². The van der Waals surface area contributed by atoms with Crippen LogP contribution in [0.25, 0.3) is 0 Å². The maximum absolute atomic E-state index is 12.0. The van der Waals surface area contributed by atoms with Crippen molar-refractivity contribution < 1.29 is 9.53 Å². The monoisotopic (exact) mass is 238 g/mol. The largest absolute Gasteiger partial charge is 0.469 e. The number of carbonyl (C=O) groups excluding carboxylic acids is 1. The highest BCUT2D eigenvalue weighted by atomic mass is 16.5. The third kappa shape index (κ3) is 2.00. The van der Waals surface area contributed by atoms with Crippen molar-refractivity contribution in [2.24, 2.45) is 22.7 Å². The Morgan fingerprint density at radius 2 is 1.82 bits per heavy atom. The van der Waals surface area contributed by atoms with Gasteiger partial charge in [0, 0.05) is 0 Å². The van der Waals surface area contributed by atoms with Crippen molar-refractivity contribution in [2.75, 3.05) is 7.11 Å². The van der Waals surface area contributed by atoms with Gasteiger partial charge in [0.1, 0.15) is 0 Å². The van der Waals surface area contributed by atoms with Gasteiger partial charge < -0.3 is 4.74 Å². The summed E-state index contributed by atoms with van der Waals surface area (Å²) < 4.78 is 5.03. The zero-order valence-corrected chi connectivity index (χ0v) is 11.7. The summed E-state index contributed by atoms with van der Waals surface area (Å²) in [4.78, 5) is 12.0. The summed E-state index contributed by atoms with van der Waals surface area (Å²) in [5.41, 5.74) is 0.562. The van der Waals surface area contributed by atoms with E-state index in [1.165, 1.54) is 39.2 Å². The van der Waals surface area contributed by atoms with E-state index in [-0.39, 0.29) is 17.3 Å². The Balaban J connectivity index is 2.30. The lowest BCUT2D eigenvalue weighted by Gasteiger charge is -2.56. The summed E-state index contributed by atoms with van der Waals surface area (Å²) in [7, 11) is 1.53. The minimum Gasteiger partial charge on any atom is -0.469 e. The molecule has 0 radical (unpaired) electrons.